The van der Waals surface area contributed by atoms with Crippen LogP contribution < -0.4 is 21.3 Å². The number of aromatic nitrogens is 3. The first kappa shape index (κ1) is 41.0. The van der Waals surface area contributed by atoms with Gasteiger partial charge in [0.1, 0.15) is 17.8 Å². The van der Waals surface area contributed by atoms with Crippen molar-refractivity contribution in [2.75, 3.05) is 43.4 Å². The van der Waals surface area contributed by atoms with Crippen LogP contribution in [0.25, 0.3) is 21.7 Å². The number of nitrogens with one attached hydrogen (secondary N) is 2. The smallest absolute Gasteiger partial charge is 0.246 e. The molecule has 0 aliphatic carbocycles. The van der Waals surface area contributed by atoms with Gasteiger partial charge in [0.15, 0.2) is 5.82 Å². The molecule has 4 atom stereocenters. The first-order chi connectivity index (χ1) is 27.1. The number of nitrogens with two attached hydrogens (primary N) is 1. The van der Waals surface area contributed by atoms with Gasteiger partial charge in [0.2, 0.25) is 23.6 Å². The molecule has 0 bridgehead atoms. The third-order valence-corrected chi connectivity index (χ3v) is 11.6. The van der Waals surface area contributed by atoms with E-state index >= 15 is 0 Å². The number of thiazole rings is 1. The van der Waals surface area contributed by atoms with Crippen molar-refractivity contribution in [3.8, 4) is 27.4 Å². The van der Waals surface area contributed by atoms with Crippen molar-refractivity contribution in [2.45, 2.75) is 78.1 Å². The largest absolute Gasteiger partial charge is 0.507 e. The Morgan fingerprint density at radius 3 is 2.33 bits per heavy atom. The number of phenols is 1. The SMILES string of the molecule is Cc1ncsc1-c1ccc([C@H](C)NC(=O)[C@@H]2C[C@@H](O)CN2C(=O)[C@@H](NC(=O)CCC(=O)N2CCN(c3cc(-c4ccccc4O)nnc3N)CC2)C(C)(C)C)cc1. The highest BCUT2D eigenvalue weighted by molar-refractivity contribution is 7.13. The molecule has 2 aliphatic rings. The maximum Gasteiger partial charge on any atom is 0.246 e. The summed E-state index contributed by atoms with van der Waals surface area (Å²) in [5.41, 5.74) is 11.8. The lowest BCUT2D eigenvalue weighted by atomic mass is 9.85. The van der Waals surface area contributed by atoms with Crippen LogP contribution in [0.1, 0.15) is 64.3 Å². The molecule has 4 amide bonds. The molecule has 0 saturated carbocycles. The Kier molecular flexibility index (Phi) is 12.4. The summed E-state index contributed by atoms with van der Waals surface area (Å²) in [6, 6.07) is 14.2. The molecule has 2 fully saturated rings. The fourth-order valence-electron chi connectivity index (χ4n) is 7.29. The van der Waals surface area contributed by atoms with Gasteiger partial charge in [-0.05, 0) is 48.6 Å². The quantitative estimate of drug-likeness (QED) is 0.148. The minimum Gasteiger partial charge on any atom is -0.507 e. The van der Waals surface area contributed by atoms with Crippen molar-refractivity contribution < 1.29 is 29.4 Å². The van der Waals surface area contributed by atoms with Gasteiger partial charge in [-0.2, -0.15) is 0 Å². The first-order valence-electron chi connectivity index (χ1n) is 19.1. The van der Waals surface area contributed by atoms with E-state index < -0.39 is 41.3 Å². The molecule has 2 saturated heterocycles. The van der Waals surface area contributed by atoms with Crippen molar-refractivity contribution in [1.82, 2.24) is 35.6 Å². The number of piperazine rings is 1. The number of amides is 4. The number of aryl methyl sites for hydroxylation is 1. The molecule has 4 aromatic rings. The summed E-state index contributed by atoms with van der Waals surface area (Å²) < 4.78 is 0. The summed E-state index contributed by atoms with van der Waals surface area (Å²) in [6.45, 7) is 11.0. The number of likely N-dealkylation sites (tertiary alicyclic amines) is 1. The summed E-state index contributed by atoms with van der Waals surface area (Å²) >= 11 is 1.57. The number of phenolic OH excluding ortho intramolecular Hbond substituents is 1. The molecule has 57 heavy (non-hydrogen) atoms. The number of aliphatic hydroxyl groups excluding tert-OH is 1. The number of hydrogen-bond acceptors (Lipinski definition) is 12. The molecule has 2 aromatic heterocycles. The summed E-state index contributed by atoms with van der Waals surface area (Å²) in [5.74, 6) is -1.20. The molecule has 6 N–H and O–H groups in total. The normalized spacial score (nSPS) is 18.2. The Morgan fingerprint density at radius 2 is 1.68 bits per heavy atom. The van der Waals surface area contributed by atoms with Crippen LogP contribution in [0.2, 0.25) is 0 Å². The number of para-hydroxylation sites is 1. The highest BCUT2D eigenvalue weighted by Crippen LogP contribution is 2.33. The molecule has 16 heteroatoms. The number of β-amino-alcohol motifs (C(OH)–C–C–N with tert-alkyl or cyclic N) is 1. The van der Waals surface area contributed by atoms with Crippen LogP contribution in [0.4, 0.5) is 11.5 Å². The van der Waals surface area contributed by atoms with E-state index in [4.69, 9.17) is 5.73 Å². The molecule has 4 heterocycles. The number of carbonyl (C=O) groups excluding carboxylic acids is 4. The lowest BCUT2D eigenvalue weighted by Gasteiger charge is -2.36. The monoisotopic (exact) mass is 797 g/mol. The second-order valence-corrected chi connectivity index (χ2v) is 16.6. The number of nitrogens with zero attached hydrogens (tertiary/aromatic N) is 6. The number of hydrogen-bond donors (Lipinski definition) is 5. The third-order valence-electron chi connectivity index (χ3n) is 10.6. The van der Waals surface area contributed by atoms with Gasteiger partial charge in [-0.1, -0.05) is 57.2 Å². The zero-order valence-electron chi connectivity index (χ0n) is 32.9. The molecular formula is C41H51N9O6S. The number of nitrogen functional groups attached to an aromatic ring is 1. The van der Waals surface area contributed by atoms with Crippen LogP contribution >= 0.6 is 11.3 Å². The molecule has 0 unspecified atom stereocenters. The first-order valence-corrected chi connectivity index (χ1v) is 20.0. The fourth-order valence-corrected chi connectivity index (χ4v) is 8.10. The van der Waals surface area contributed by atoms with Crippen molar-refractivity contribution in [3.63, 3.8) is 0 Å². The molecule has 6 rings (SSSR count). The van der Waals surface area contributed by atoms with Gasteiger partial charge in [0.05, 0.1) is 39.6 Å². The standard InChI is InChI=1S/C41H51N9O6S/c1-24(26-10-12-27(13-11-26)36-25(2)43-23-57-36)44-39(55)32-20-28(51)22-50(32)40(56)37(41(3,4)5)45-34(53)14-15-35(54)49-18-16-48(17-19-49)31-21-30(46-47-38(31)42)29-8-6-7-9-33(29)52/h6-13,21,23-24,28,32,37,51-52H,14-20,22H2,1-5H3,(H2,42,47)(H,44,55)(H,45,53)/t24-,28+,32-,37+/m0/s1. The van der Waals surface area contributed by atoms with E-state index in [9.17, 15) is 29.4 Å². The molecule has 2 aromatic carbocycles. The highest BCUT2D eigenvalue weighted by atomic mass is 32.1. The van der Waals surface area contributed by atoms with Gasteiger partial charge in [-0.15, -0.1) is 21.5 Å². The third kappa shape index (κ3) is 9.51. The minimum absolute atomic E-state index is 0.0433. The Morgan fingerprint density at radius 1 is 0.982 bits per heavy atom. The van der Waals surface area contributed by atoms with Gasteiger partial charge < -0.3 is 41.3 Å². The number of benzene rings is 2. The van der Waals surface area contributed by atoms with E-state index in [1.807, 2.05) is 69.3 Å². The van der Waals surface area contributed by atoms with Gasteiger partial charge in [0.25, 0.3) is 0 Å². The van der Waals surface area contributed by atoms with Crippen LogP contribution in [-0.4, -0.2) is 110 Å². The lowest BCUT2D eigenvalue weighted by molar-refractivity contribution is -0.144. The number of anilines is 2. The Bertz CT molecular complexity index is 2090. The highest BCUT2D eigenvalue weighted by Gasteiger charge is 2.44. The zero-order chi connectivity index (χ0) is 41.0. The summed E-state index contributed by atoms with van der Waals surface area (Å²) in [6.07, 6.45) is -1.01. The molecule has 2 aliphatic heterocycles. The Labute approximate surface area is 336 Å². The summed E-state index contributed by atoms with van der Waals surface area (Å²) in [4.78, 5) is 64.8. The number of carbonyl (C=O) groups is 4. The van der Waals surface area contributed by atoms with Crippen LogP contribution in [0.3, 0.4) is 0 Å². The van der Waals surface area contributed by atoms with Crippen molar-refractivity contribution >= 4 is 46.5 Å². The lowest BCUT2D eigenvalue weighted by Crippen LogP contribution is -2.58. The Balaban J connectivity index is 1.02. The summed E-state index contributed by atoms with van der Waals surface area (Å²) in [7, 11) is 0. The summed E-state index contributed by atoms with van der Waals surface area (Å²) in [5, 5.41) is 35.0. The van der Waals surface area contributed by atoms with Crippen molar-refractivity contribution in [2.24, 2.45) is 5.41 Å². The number of rotatable bonds is 11. The molecule has 0 spiro atoms. The number of aliphatic hydroxyl groups is 1. The maximum atomic E-state index is 14.1. The zero-order valence-corrected chi connectivity index (χ0v) is 33.8. The van der Waals surface area contributed by atoms with E-state index in [-0.39, 0.29) is 49.3 Å². The second-order valence-electron chi connectivity index (χ2n) is 15.8. The minimum atomic E-state index is -1.01. The fraction of sp³-hybridized carbons (Fsp3) is 0.439. The van der Waals surface area contributed by atoms with Crippen LogP contribution in [0.15, 0.2) is 60.1 Å². The van der Waals surface area contributed by atoms with E-state index in [0.29, 0.717) is 43.1 Å². The van der Waals surface area contributed by atoms with Crippen LogP contribution in [0, 0.1) is 12.3 Å². The van der Waals surface area contributed by atoms with Crippen LogP contribution in [-0.2, 0) is 19.2 Å². The molecule has 302 valence electrons. The van der Waals surface area contributed by atoms with E-state index in [1.54, 1.807) is 46.6 Å². The van der Waals surface area contributed by atoms with E-state index in [0.717, 1.165) is 21.7 Å². The molecular weight excluding hydrogens is 747 g/mol. The predicted molar refractivity (Wildman–Crippen MR) is 218 cm³/mol. The van der Waals surface area contributed by atoms with Crippen molar-refractivity contribution in [1.29, 1.82) is 0 Å². The molecule has 15 nitrogen and oxygen atoms in total. The molecule has 0 radical (unpaired) electrons. The average molecular weight is 798 g/mol. The van der Waals surface area contributed by atoms with Crippen molar-refractivity contribution in [3.05, 3.63) is 71.4 Å². The topological polar surface area (TPSA) is 207 Å². The predicted octanol–water partition coefficient (Wildman–Crippen LogP) is 3.66. The van der Waals surface area contributed by atoms with E-state index in [2.05, 4.69) is 25.8 Å². The van der Waals surface area contributed by atoms with Gasteiger partial charge in [-0.3, -0.25) is 19.2 Å². The van der Waals surface area contributed by atoms with E-state index in [1.165, 1.54) is 4.90 Å². The van der Waals surface area contributed by atoms with Gasteiger partial charge >= 0.3 is 0 Å². The number of aromatic hydroxyl groups is 1. The van der Waals surface area contributed by atoms with Crippen LogP contribution in [0.5, 0.6) is 5.75 Å². The average Bonchev–Trinajstić information content (AvgIpc) is 3.81. The Hall–Kier alpha value is -5.61. The second kappa shape index (κ2) is 17.3. The van der Waals surface area contributed by atoms with Gasteiger partial charge in [0, 0.05) is 57.5 Å². The maximum absolute atomic E-state index is 14.1. The van der Waals surface area contributed by atoms with Gasteiger partial charge in [-0.25, -0.2) is 4.98 Å².